The highest BCUT2D eigenvalue weighted by Crippen LogP contribution is 2.26. The molecule has 3 aromatic rings. The number of amides is 2. The lowest BCUT2D eigenvalue weighted by molar-refractivity contribution is -0.384. The van der Waals surface area contributed by atoms with E-state index < -0.39 is 21.1 Å². The summed E-state index contributed by atoms with van der Waals surface area (Å²) in [4.78, 5) is 22.0. The summed E-state index contributed by atoms with van der Waals surface area (Å²) in [5.41, 5.74) is 0.352. The van der Waals surface area contributed by atoms with Gasteiger partial charge in [-0.25, -0.2) is 4.79 Å². The molecule has 0 aliphatic heterocycles. The van der Waals surface area contributed by atoms with E-state index in [9.17, 15) is 23.3 Å². The Morgan fingerprint density at radius 2 is 1.48 bits per heavy atom. The van der Waals surface area contributed by atoms with E-state index in [1.807, 2.05) is 0 Å². The van der Waals surface area contributed by atoms with Gasteiger partial charge in [-0.2, -0.15) is 8.42 Å². The predicted molar refractivity (Wildman–Crippen MR) is 106 cm³/mol. The number of urea groups is 1. The third-order valence-electron chi connectivity index (χ3n) is 3.69. The maximum atomic E-state index is 12.7. The Hall–Kier alpha value is -3.92. The summed E-state index contributed by atoms with van der Waals surface area (Å²) in [6.07, 6.45) is 0. The van der Waals surface area contributed by atoms with Crippen molar-refractivity contribution >= 4 is 33.2 Å². The molecule has 3 rings (SSSR count). The number of anilines is 2. The fourth-order valence-corrected chi connectivity index (χ4v) is 3.48. The zero-order chi connectivity index (χ0) is 20.9. The van der Waals surface area contributed by atoms with Crippen molar-refractivity contribution in [1.82, 2.24) is 0 Å². The minimum atomic E-state index is -4.31. The fourth-order valence-electron chi connectivity index (χ4n) is 2.39. The third-order valence-corrected chi connectivity index (χ3v) is 5.00. The molecule has 0 atom stereocenters. The fraction of sp³-hybridized carbons (Fsp3) is 0. The van der Waals surface area contributed by atoms with Crippen LogP contribution in [0.15, 0.2) is 83.8 Å². The van der Waals surface area contributed by atoms with Crippen LogP contribution in [-0.4, -0.2) is 19.4 Å². The van der Waals surface area contributed by atoms with Gasteiger partial charge in [-0.05, 0) is 36.4 Å². The van der Waals surface area contributed by atoms with Gasteiger partial charge in [0.25, 0.3) is 5.69 Å². The minimum Gasteiger partial charge on any atom is -0.379 e. The van der Waals surface area contributed by atoms with Crippen LogP contribution in [0.5, 0.6) is 5.75 Å². The Kier molecular flexibility index (Phi) is 5.74. The van der Waals surface area contributed by atoms with Crippen molar-refractivity contribution in [1.29, 1.82) is 0 Å². The maximum absolute atomic E-state index is 12.7. The van der Waals surface area contributed by atoms with E-state index in [1.165, 1.54) is 30.3 Å². The van der Waals surface area contributed by atoms with Gasteiger partial charge in [0, 0.05) is 17.8 Å². The van der Waals surface area contributed by atoms with Crippen LogP contribution in [0.4, 0.5) is 21.9 Å². The normalized spacial score (nSPS) is 10.8. The zero-order valence-electron chi connectivity index (χ0n) is 14.8. The van der Waals surface area contributed by atoms with Gasteiger partial charge in [0.1, 0.15) is 10.6 Å². The summed E-state index contributed by atoms with van der Waals surface area (Å²) >= 11 is 0. The van der Waals surface area contributed by atoms with Crippen molar-refractivity contribution in [3.8, 4) is 5.75 Å². The van der Waals surface area contributed by atoms with Gasteiger partial charge < -0.3 is 14.8 Å². The summed E-state index contributed by atoms with van der Waals surface area (Å²) in [5, 5.41) is 15.8. The highest BCUT2D eigenvalue weighted by molar-refractivity contribution is 7.87. The molecule has 10 heteroatoms. The van der Waals surface area contributed by atoms with Gasteiger partial charge in [-0.1, -0.05) is 30.3 Å². The molecule has 2 amide bonds. The molecule has 2 N–H and O–H groups in total. The predicted octanol–water partition coefficient (Wildman–Crippen LogP) is 4.01. The van der Waals surface area contributed by atoms with Gasteiger partial charge >= 0.3 is 16.1 Å². The lowest BCUT2D eigenvalue weighted by Gasteiger charge is -2.13. The molecule has 148 valence electrons. The second kappa shape index (κ2) is 8.40. The first kappa shape index (κ1) is 19.8. The molecule has 0 radical (unpaired) electrons. The third kappa shape index (κ3) is 5.08. The molecule has 0 aliphatic rings. The Morgan fingerprint density at radius 3 is 2.14 bits per heavy atom. The van der Waals surface area contributed by atoms with E-state index in [1.54, 1.807) is 36.4 Å². The first-order valence-electron chi connectivity index (χ1n) is 8.26. The second-order valence-electron chi connectivity index (χ2n) is 5.73. The van der Waals surface area contributed by atoms with Gasteiger partial charge in [0.2, 0.25) is 0 Å². The molecule has 0 heterocycles. The molecule has 0 fully saturated rings. The summed E-state index contributed by atoms with van der Waals surface area (Å²) in [6.45, 7) is 0. The number of nitrogens with one attached hydrogen (secondary N) is 2. The highest BCUT2D eigenvalue weighted by Gasteiger charge is 2.22. The number of nitrogens with zero attached hydrogens (tertiary/aromatic N) is 1. The van der Waals surface area contributed by atoms with E-state index in [0.29, 0.717) is 5.69 Å². The Balaban J connectivity index is 1.79. The molecular formula is C19H15N3O6S. The molecule has 29 heavy (non-hydrogen) atoms. The van der Waals surface area contributed by atoms with Crippen molar-refractivity contribution in [2.75, 3.05) is 10.6 Å². The summed E-state index contributed by atoms with van der Waals surface area (Å²) < 4.78 is 30.3. The number of nitro groups is 1. The van der Waals surface area contributed by atoms with E-state index in [2.05, 4.69) is 10.6 Å². The van der Waals surface area contributed by atoms with Gasteiger partial charge in [0.05, 0.1) is 10.6 Å². The lowest BCUT2D eigenvalue weighted by atomic mass is 10.3. The standard InChI is InChI=1S/C19H15N3O6S/c23-19(20-14-6-2-1-3-7-14)21-17-8-4-5-9-18(17)29(26,27)28-16-12-10-15(11-13-16)22(24)25/h1-13H,(H2,20,21,23). The van der Waals surface area contributed by atoms with Crippen molar-refractivity contribution in [3.63, 3.8) is 0 Å². The molecule has 0 aliphatic carbocycles. The van der Waals surface area contributed by atoms with Crippen LogP contribution in [0.25, 0.3) is 0 Å². The van der Waals surface area contributed by atoms with E-state index in [-0.39, 0.29) is 22.0 Å². The van der Waals surface area contributed by atoms with Crippen LogP contribution in [-0.2, 0) is 10.1 Å². The van der Waals surface area contributed by atoms with Crippen LogP contribution in [0.1, 0.15) is 0 Å². The summed E-state index contributed by atoms with van der Waals surface area (Å²) in [6, 6.07) is 18.3. The number of carbonyl (C=O) groups is 1. The minimum absolute atomic E-state index is 0.0165. The Morgan fingerprint density at radius 1 is 0.862 bits per heavy atom. The van der Waals surface area contributed by atoms with Crippen LogP contribution in [0, 0.1) is 10.1 Å². The van der Waals surface area contributed by atoms with Gasteiger partial charge in [-0.3, -0.25) is 10.1 Å². The zero-order valence-corrected chi connectivity index (χ0v) is 15.6. The second-order valence-corrected chi connectivity index (χ2v) is 7.24. The molecule has 0 unspecified atom stereocenters. The van der Waals surface area contributed by atoms with Crippen molar-refractivity contribution < 1.29 is 22.3 Å². The first-order chi connectivity index (χ1) is 13.8. The number of non-ortho nitro benzene ring substituents is 1. The topological polar surface area (TPSA) is 128 Å². The van der Waals surface area contributed by atoms with Crippen molar-refractivity contribution in [2.45, 2.75) is 4.90 Å². The van der Waals surface area contributed by atoms with Crippen molar-refractivity contribution in [2.24, 2.45) is 0 Å². The lowest BCUT2D eigenvalue weighted by Crippen LogP contribution is -2.21. The molecule has 3 aromatic carbocycles. The van der Waals surface area contributed by atoms with Crippen molar-refractivity contribution in [3.05, 3.63) is 89.0 Å². The first-order valence-corrected chi connectivity index (χ1v) is 9.67. The van der Waals surface area contributed by atoms with Gasteiger partial charge in [-0.15, -0.1) is 0 Å². The number of hydrogen-bond donors (Lipinski definition) is 2. The number of hydrogen-bond acceptors (Lipinski definition) is 6. The van der Waals surface area contributed by atoms with Crippen LogP contribution >= 0.6 is 0 Å². The Bertz CT molecular complexity index is 1130. The molecule has 0 aromatic heterocycles. The molecule has 0 bridgehead atoms. The average molecular weight is 413 g/mol. The summed E-state index contributed by atoms with van der Waals surface area (Å²) in [7, 11) is -4.31. The Labute approximate surface area is 166 Å². The average Bonchev–Trinajstić information content (AvgIpc) is 2.69. The van der Waals surface area contributed by atoms with E-state index in [0.717, 1.165) is 12.1 Å². The quantitative estimate of drug-likeness (QED) is 0.357. The number of carbonyl (C=O) groups excluding carboxylic acids is 1. The van der Waals surface area contributed by atoms with E-state index in [4.69, 9.17) is 4.18 Å². The molecule has 0 saturated heterocycles. The van der Waals surface area contributed by atoms with Gasteiger partial charge in [0.15, 0.2) is 0 Å². The number of para-hydroxylation sites is 2. The molecule has 9 nitrogen and oxygen atoms in total. The van der Waals surface area contributed by atoms with Crippen LogP contribution in [0.2, 0.25) is 0 Å². The number of nitro benzene ring substituents is 1. The highest BCUT2D eigenvalue weighted by atomic mass is 32.2. The number of benzene rings is 3. The monoisotopic (exact) mass is 413 g/mol. The van der Waals surface area contributed by atoms with Crippen LogP contribution in [0.3, 0.4) is 0 Å². The molecule has 0 saturated carbocycles. The number of rotatable bonds is 6. The summed E-state index contributed by atoms with van der Waals surface area (Å²) in [5.74, 6) is -0.0980. The molecular weight excluding hydrogens is 398 g/mol. The maximum Gasteiger partial charge on any atom is 0.341 e. The SMILES string of the molecule is O=C(Nc1ccccc1)Nc1ccccc1S(=O)(=O)Oc1ccc([N+](=O)[O-])cc1. The smallest absolute Gasteiger partial charge is 0.341 e. The van der Waals surface area contributed by atoms with Crippen LogP contribution < -0.4 is 14.8 Å². The largest absolute Gasteiger partial charge is 0.379 e. The van der Waals surface area contributed by atoms with E-state index >= 15 is 0 Å². The molecule has 0 spiro atoms.